The van der Waals surface area contributed by atoms with Gasteiger partial charge in [-0.2, -0.15) is 0 Å². The maximum atomic E-state index is 13.5. The summed E-state index contributed by atoms with van der Waals surface area (Å²) >= 11 is 3.30. The highest BCUT2D eigenvalue weighted by atomic mass is 79.9. The van der Waals surface area contributed by atoms with Crippen molar-refractivity contribution in [1.29, 1.82) is 0 Å². The van der Waals surface area contributed by atoms with Crippen LogP contribution in [-0.4, -0.2) is 0 Å². The minimum Gasteiger partial charge on any atom is -0.207 e. The molecule has 0 N–H and O–H groups in total. The third kappa shape index (κ3) is 2.93. The maximum absolute atomic E-state index is 13.5. The molecule has 94 valence electrons. The van der Waals surface area contributed by atoms with Crippen LogP contribution in [0.4, 0.5) is 13.2 Å². The van der Waals surface area contributed by atoms with E-state index in [4.69, 9.17) is 0 Å². The van der Waals surface area contributed by atoms with Gasteiger partial charge in [-0.1, -0.05) is 40.2 Å². The smallest absolute Gasteiger partial charge is 0.130 e. The van der Waals surface area contributed by atoms with E-state index in [1.54, 1.807) is 18.2 Å². The second-order valence-electron chi connectivity index (χ2n) is 3.93. The van der Waals surface area contributed by atoms with E-state index in [9.17, 15) is 13.2 Å². The minimum absolute atomic E-state index is 0.301. The number of hydrogen-bond acceptors (Lipinski definition) is 0. The first-order valence-corrected chi connectivity index (χ1v) is 6.32. The summed E-state index contributed by atoms with van der Waals surface area (Å²) in [5, 5.41) is 0. The quantitative estimate of drug-likeness (QED) is 0.715. The molecule has 2 aromatic carbocycles. The van der Waals surface area contributed by atoms with Gasteiger partial charge in [0.2, 0.25) is 0 Å². The van der Waals surface area contributed by atoms with Crippen LogP contribution in [0.5, 0.6) is 0 Å². The van der Waals surface area contributed by atoms with E-state index in [1.165, 1.54) is 18.2 Å². The molecule has 0 aliphatic heterocycles. The van der Waals surface area contributed by atoms with Gasteiger partial charge in [-0.05, 0) is 24.1 Å². The fourth-order valence-corrected chi connectivity index (χ4v) is 2.44. The predicted molar refractivity (Wildman–Crippen MR) is 68.1 cm³/mol. The molecular weight excluding hydrogens is 305 g/mol. The van der Waals surface area contributed by atoms with Crippen LogP contribution in [0.15, 0.2) is 42.5 Å². The second-order valence-corrected chi connectivity index (χ2v) is 5.03. The molecule has 1 unspecified atom stereocenters. The van der Waals surface area contributed by atoms with Gasteiger partial charge in [-0.15, -0.1) is 0 Å². The molecule has 0 spiro atoms. The number of benzene rings is 2. The highest BCUT2D eigenvalue weighted by molar-refractivity contribution is 9.09. The fourth-order valence-electron chi connectivity index (χ4n) is 1.72. The molecule has 0 aliphatic rings. The molecule has 0 nitrogen and oxygen atoms in total. The Morgan fingerprint density at radius 3 is 2.33 bits per heavy atom. The summed E-state index contributed by atoms with van der Waals surface area (Å²) in [6.45, 7) is 0. The first-order chi connectivity index (χ1) is 8.58. The Morgan fingerprint density at radius 2 is 1.67 bits per heavy atom. The highest BCUT2D eigenvalue weighted by Gasteiger charge is 2.15. The third-order valence-electron chi connectivity index (χ3n) is 2.66. The van der Waals surface area contributed by atoms with Gasteiger partial charge in [0.05, 0.1) is 0 Å². The molecule has 2 aromatic rings. The SMILES string of the molecule is Fc1ccc(C(Br)Cc2ccccc2F)c(F)c1. The van der Waals surface area contributed by atoms with Crippen molar-refractivity contribution in [2.75, 3.05) is 0 Å². The highest BCUT2D eigenvalue weighted by Crippen LogP contribution is 2.30. The van der Waals surface area contributed by atoms with Gasteiger partial charge in [0.25, 0.3) is 0 Å². The minimum atomic E-state index is -0.631. The average Bonchev–Trinajstić information content (AvgIpc) is 2.32. The zero-order valence-corrected chi connectivity index (χ0v) is 10.9. The van der Waals surface area contributed by atoms with Crippen molar-refractivity contribution < 1.29 is 13.2 Å². The van der Waals surface area contributed by atoms with Crippen LogP contribution in [0.25, 0.3) is 0 Å². The first-order valence-electron chi connectivity index (χ1n) is 5.40. The number of alkyl halides is 1. The van der Waals surface area contributed by atoms with Crippen LogP contribution in [0.1, 0.15) is 16.0 Å². The van der Waals surface area contributed by atoms with Crippen molar-refractivity contribution in [2.24, 2.45) is 0 Å². The van der Waals surface area contributed by atoms with E-state index in [-0.39, 0.29) is 5.82 Å². The Bertz CT molecular complexity index is 554. The molecule has 0 saturated carbocycles. The van der Waals surface area contributed by atoms with Crippen molar-refractivity contribution in [3.8, 4) is 0 Å². The molecule has 4 heteroatoms. The van der Waals surface area contributed by atoms with Gasteiger partial charge in [-0.3, -0.25) is 0 Å². The van der Waals surface area contributed by atoms with Crippen molar-refractivity contribution in [3.63, 3.8) is 0 Å². The van der Waals surface area contributed by atoms with Crippen LogP contribution in [0.2, 0.25) is 0 Å². The van der Waals surface area contributed by atoms with Crippen LogP contribution >= 0.6 is 15.9 Å². The monoisotopic (exact) mass is 314 g/mol. The lowest BCUT2D eigenvalue weighted by Gasteiger charge is -2.12. The molecule has 0 fully saturated rings. The van der Waals surface area contributed by atoms with Gasteiger partial charge in [0.15, 0.2) is 0 Å². The van der Waals surface area contributed by atoms with E-state index in [0.717, 1.165) is 6.07 Å². The lowest BCUT2D eigenvalue weighted by molar-refractivity contribution is 0.568. The second kappa shape index (κ2) is 5.57. The van der Waals surface area contributed by atoms with E-state index in [0.29, 0.717) is 17.5 Å². The first kappa shape index (κ1) is 13.1. The van der Waals surface area contributed by atoms with Gasteiger partial charge >= 0.3 is 0 Å². The molecule has 18 heavy (non-hydrogen) atoms. The Kier molecular flexibility index (Phi) is 4.07. The largest absolute Gasteiger partial charge is 0.207 e. The maximum Gasteiger partial charge on any atom is 0.130 e. The van der Waals surface area contributed by atoms with Gasteiger partial charge in [0.1, 0.15) is 17.5 Å². The third-order valence-corrected chi connectivity index (χ3v) is 3.47. The molecule has 0 aliphatic carbocycles. The number of halogens is 4. The van der Waals surface area contributed by atoms with E-state index in [2.05, 4.69) is 15.9 Å². The Labute approximate surface area is 112 Å². The van der Waals surface area contributed by atoms with Crippen LogP contribution in [0.3, 0.4) is 0 Å². The molecule has 0 radical (unpaired) electrons. The molecule has 1 atom stereocenters. The number of hydrogen-bond donors (Lipinski definition) is 0. The molecular formula is C14H10BrF3. The zero-order valence-electron chi connectivity index (χ0n) is 9.34. The van der Waals surface area contributed by atoms with Crippen molar-refractivity contribution in [3.05, 3.63) is 71.0 Å². The predicted octanol–water partition coefficient (Wildman–Crippen LogP) is 4.78. The topological polar surface area (TPSA) is 0 Å². The van der Waals surface area contributed by atoms with Crippen LogP contribution in [-0.2, 0) is 6.42 Å². The molecule has 0 heterocycles. The summed E-state index contributed by atoms with van der Waals surface area (Å²) in [4.78, 5) is -0.394. The van der Waals surface area contributed by atoms with Gasteiger partial charge < -0.3 is 0 Å². The molecule has 0 bridgehead atoms. The summed E-state index contributed by atoms with van der Waals surface area (Å²) in [6.07, 6.45) is 0.301. The van der Waals surface area contributed by atoms with E-state index in [1.807, 2.05) is 0 Å². The molecule has 0 saturated heterocycles. The average molecular weight is 315 g/mol. The lowest BCUT2D eigenvalue weighted by atomic mass is 10.0. The Morgan fingerprint density at radius 1 is 0.944 bits per heavy atom. The molecule has 0 aromatic heterocycles. The number of rotatable bonds is 3. The van der Waals surface area contributed by atoms with E-state index < -0.39 is 16.5 Å². The lowest BCUT2D eigenvalue weighted by Crippen LogP contribution is -2.01. The van der Waals surface area contributed by atoms with Gasteiger partial charge in [-0.25, -0.2) is 13.2 Å². The summed E-state index contributed by atoms with van der Waals surface area (Å²) in [5.41, 5.74) is 0.808. The van der Waals surface area contributed by atoms with Crippen molar-refractivity contribution >= 4 is 15.9 Å². The van der Waals surface area contributed by atoms with Crippen LogP contribution in [0, 0.1) is 17.5 Å². The summed E-state index contributed by atoms with van der Waals surface area (Å²) < 4.78 is 39.8. The van der Waals surface area contributed by atoms with Crippen LogP contribution < -0.4 is 0 Å². The Hall–Kier alpha value is -1.29. The standard InChI is InChI=1S/C14H10BrF3/c15-12(7-9-3-1-2-4-13(9)17)11-6-5-10(16)8-14(11)18/h1-6,8,12H,7H2. The zero-order chi connectivity index (χ0) is 13.1. The van der Waals surface area contributed by atoms with Crippen molar-refractivity contribution in [1.82, 2.24) is 0 Å². The van der Waals surface area contributed by atoms with E-state index >= 15 is 0 Å². The Balaban J connectivity index is 2.22. The van der Waals surface area contributed by atoms with Crippen molar-refractivity contribution in [2.45, 2.75) is 11.2 Å². The fraction of sp³-hybridized carbons (Fsp3) is 0.143. The summed E-state index contributed by atoms with van der Waals surface area (Å²) in [7, 11) is 0. The summed E-state index contributed by atoms with van der Waals surface area (Å²) in [5.74, 6) is -1.58. The molecule has 0 amide bonds. The normalized spacial score (nSPS) is 12.4. The summed E-state index contributed by atoms with van der Waals surface area (Å²) in [6, 6.07) is 9.70. The molecule has 2 rings (SSSR count). The van der Waals surface area contributed by atoms with Gasteiger partial charge in [0, 0.05) is 16.5 Å².